The molecule has 0 aliphatic carbocycles. The van der Waals surface area contributed by atoms with Crippen LogP contribution in [0, 0.1) is 0 Å². The van der Waals surface area contributed by atoms with Crippen molar-refractivity contribution in [3.63, 3.8) is 0 Å². The van der Waals surface area contributed by atoms with E-state index in [0.29, 0.717) is 5.02 Å². The Hall–Kier alpha value is -1.35. The number of hydrogen-bond acceptors (Lipinski definition) is 2. The molecule has 0 aliphatic heterocycles. The molecule has 1 aromatic rings. The van der Waals surface area contributed by atoms with Gasteiger partial charge in [-0.2, -0.15) is 5.10 Å². The molecular weight excluding hydrogens is 212 g/mol. The average Bonchev–Trinajstić information content (AvgIpc) is 2.18. The lowest BCUT2D eigenvalue weighted by atomic mass is 10.1. The molecule has 1 N–H and O–H groups in total. The fourth-order valence-electron chi connectivity index (χ4n) is 1.16. The first kappa shape index (κ1) is 11.7. The van der Waals surface area contributed by atoms with Crippen LogP contribution in [0.15, 0.2) is 29.4 Å². The summed E-state index contributed by atoms with van der Waals surface area (Å²) in [5, 5.41) is 4.67. The van der Waals surface area contributed by atoms with Gasteiger partial charge < -0.3 is 0 Å². The number of halogens is 1. The summed E-state index contributed by atoms with van der Waals surface area (Å²) >= 11 is 5.87. The number of rotatable bonds is 3. The van der Waals surface area contributed by atoms with Crippen LogP contribution >= 0.6 is 11.6 Å². The van der Waals surface area contributed by atoms with Gasteiger partial charge in [-0.3, -0.25) is 4.79 Å². The van der Waals surface area contributed by atoms with Crippen molar-refractivity contribution in [1.29, 1.82) is 0 Å². The zero-order valence-corrected chi connectivity index (χ0v) is 9.51. The van der Waals surface area contributed by atoms with Gasteiger partial charge in [0.2, 0.25) is 5.91 Å². The Morgan fingerprint density at radius 1 is 1.53 bits per heavy atom. The molecule has 4 heteroatoms. The smallest absolute Gasteiger partial charge is 0.236 e. The van der Waals surface area contributed by atoms with Crippen LogP contribution in [0.2, 0.25) is 5.02 Å². The van der Waals surface area contributed by atoms with Crippen LogP contribution in [-0.2, 0) is 4.79 Å². The quantitative estimate of drug-likeness (QED) is 0.622. The van der Waals surface area contributed by atoms with Gasteiger partial charge in [-0.05, 0) is 24.1 Å². The minimum absolute atomic E-state index is 0.178. The zero-order valence-electron chi connectivity index (χ0n) is 8.75. The molecule has 0 aromatic heterocycles. The summed E-state index contributed by atoms with van der Waals surface area (Å²) in [5.41, 5.74) is 4.16. The van der Waals surface area contributed by atoms with Crippen LogP contribution in [-0.4, -0.2) is 11.6 Å². The second-order valence-corrected chi connectivity index (χ2v) is 3.53. The Bertz CT molecular complexity index is 388. The largest absolute Gasteiger partial charge is 0.274 e. The summed E-state index contributed by atoms with van der Waals surface area (Å²) in [6, 6.07) is 7.40. The van der Waals surface area contributed by atoms with E-state index in [-0.39, 0.29) is 5.91 Å². The van der Waals surface area contributed by atoms with Crippen LogP contribution in [0.4, 0.5) is 0 Å². The van der Waals surface area contributed by atoms with Crippen LogP contribution in [0.25, 0.3) is 0 Å². The number of nitrogens with one attached hydrogen (secondary N) is 1. The van der Waals surface area contributed by atoms with Gasteiger partial charge in [-0.1, -0.05) is 30.7 Å². The molecule has 0 unspecified atom stereocenters. The SMILES string of the molecule is CC/C(=N\NC(C)=O)c1cccc(Cl)c1. The molecule has 0 radical (unpaired) electrons. The number of hydrogen-bond donors (Lipinski definition) is 1. The second-order valence-electron chi connectivity index (χ2n) is 3.09. The molecule has 0 fully saturated rings. The van der Waals surface area contributed by atoms with E-state index in [2.05, 4.69) is 10.5 Å². The van der Waals surface area contributed by atoms with Gasteiger partial charge in [0.25, 0.3) is 0 Å². The highest BCUT2D eigenvalue weighted by Gasteiger charge is 2.02. The van der Waals surface area contributed by atoms with Gasteiger partial charge >= 0.3 is 0 Å². The monoisotopic (exact) mass is 224 g/mol. The Morgan fingerprint density at radius 3 is 2.80 bits per heavy atom. The lowest BCUT2D eigenvalue weighted by molar-refractivity contribution is -0.118. The molecule has 0 saturated carbocycles. The van der Waals surface area contributed by atoms with Gasteiger partial charge in [0.15, 0.2) is 0 Å². The van der Waals surface area contributed by atoms with E-state index in [0.717, 1.165) is 17.7 Å². The highest BCUT2D eigenvalue weighted by molar-refractivity contribution is 6.31. The van der Waals surface area contributed by atoms with Gasteiger partial charge in [0, 0.05) is 11.9 Å². The van der Waals surface area contributed by atoms with E-state index in [9.17, 15) is 4.79 Å². The van der Waals surface area contributed by atoms with Crippen LogP contribution < -0.4 is 5.43 Å². The van der Waals surface area contributed by atoms with Crippen molar-refractivity contribution in [2.45, 2.75) is 20.3 Å². The summed E-state index contributed by atoms with van der Waals surface area (Å²) in [5.74, 6) is -0.178. The van der Waals surface area contributed by atoms with E-state index < -0.39 is 0 Å². The van der Waals surface area contributed by atoms with E-state index in [1.165, 1.54) is 6.92 Å². The van der Waals surface area contributed by atoms with Crippen molar-refractivity contribution < 1.29 is 4.79 Å². The van der Waals surface area contributed by atoms with Crippen molar-refractivity contribution in [3.8, 4) is 0 Å². The summed E-state index contributed by atoms with van der Waals surface area (Å²) in [6.07, 6.45) is 0.737. The highest BCUT2D eigenvalue weighted by Crippen LogP contribution is 2.12. The summed E-state index contributed by atoms with van der Waals surface area (Å²) in [7, 11) is 0. The molecule has 80 valence electrons. The summed E-state index contributed by atoms with van der Waals surface area (Å²) < 4.78 is 0. The molecule has 0 bridgehead atoms. The van der Waals surface area contributed by atoms with Gasteiger partial charge in [0.05, 0.1) is 5.71 Å². The molecule has 15 heavy (non-hydrogen) atoms. The molecule has 1 rings (SSSR count). The molecule has 0 atom stereocenters. The Kier molecular flexibility index (Phi) is 4.31. The lowest BCUT2D eigenvalue weighted by Crippen LogP contribution is -2.16. The predicted octanol–water partition coefficient (Wildman–Crippen LogP) is 2.59. The first-order valence-corrected chi connectivity index (χ1v) is 5.10. The highest BCUT2D eigenvalue weighted by atomic mass is 35.5. The third kappa shape index (κ3) is 3.72. The predicted molar refractivity (Wildman–Crippen MR) is 62.1 cm³/mol. The Balaban J connectivity index is 2.92. The van der Waals surface area contributed by atoms with Crippen LogP contribution in [0.1, 0.15) is 25.8 Å². The van der Waals surface area contributed by atoms with E-state index >= 15 is 0 Å². The number of benzene rings is 1. The number of carbonyl (C=O) groups excluding carboxylic acids is 1. The molecule has 3 nitrogen and oxygen atoms in total. The van der Waals surface area contributed by atoms with Gasteiger partial charge in [0.1, 0.15) is 0 Å². The Labute approximate surface area is 94.1 Å². The molecule has 0 spiro atoms. The second kappa shape index (κ2) is 5.51. The number of nitrogens with zero attached hydrogens (tertiary/aromatic N) is 1. The normalized spacial score (nSPS) is 11.3. The molecule has 0 heterocycles. The van der Waals surface area contributed by atoms with Crippen molar-refractivity contribution >= 4 is 23.2 Å². The minimum Gasteiger partial charge on any atom is -0.274 e. The van der Waals surface area contributed by atoms with E-state index in [1.54, 1.807) is 6.07 Å². The maximum Gasteiger partial charge on any atom is 0.236 e. The fraction of sp³-hybridized carbons (Fsp3) is 0.273. The average molecular weight is 225 g/mol. The first-order chi connectivity index (χ1) is 7.13. The standard InChI is InChI=1S/C11H13ClN2O/c1-3-11(14-13-8(2)15)9-5-4-6-10(12)7-9/h4-7H,3H2,1-2H3,(H,13,15)/b14-11+. The number of carbonyl (C=O) groups is 1. The fourth-order valence-corrected chi connectivity index (χ4v) is 1.35. The third-order valence-corrected chi connectivity index (χ3v) is 2.08. The van der Waals surface area contributed by atoms with E-state index in [1.807, 2.05) is 25.1 Å². The topological polar surface area (TPSA) is 41.5 Å². The summed E-state index contributed by atoms with van der Waals surface area (Å²) in [4.78, 5) is 10.7. The third-order valence-electron chi connectivity index (χ3n) is 1.84. The molecular formula is C11H13ClN2O. The molecule has 1 aromatic carbocycles. The summed E-state index contributed by atoms with van der Waals surface area (Å²) in [6.45, 7) is 3.40. The zero-order chi connectivity index (χ0) is 11.3. The van der Waals surface area contributed by atoms with Crippen molar-refractivity contribution in [2.75, 3.05) is 0 Å². The van der Waals surface area contributed by atoms with Crippen molar-refractivity contribution in [2.24, 2.45) is 5.10 Å². The van der Waals surface area contributed by atoms with Crippen molar-refractivity contribution in [3.05, 3.63) is 34.9 Å². The maximum absolute atomic E-state index is 10.7. The maximum atomic E-state index is 10.7. The van der Waals surface area contributed by atoms with Gasteiger partial charge in [-0.15, -0.1) is 0 Å². The Morgan fingerprint density at radius 2 is 2.27 bits per heavy atom. The number of hydrazone groups is 1. The van der Waals surface area contributed by atoms with Crippen molar-refractivity contribution in [1.82, 2.24) is 5.43 Å². The van der Waals surface area contributed by atoms with Crippen LogP contribution in [0.3, 0.4) is 0 Å². The van der Waals surface area contributed by atoms with E-state index in [4.69, 9.17) is 11.6 Å². The molecule has 1 amide bonds. The minimum atomic E-state index is -0.178. The van der Waals surface area contributed by atoms with Gasteiger partial charge in [-0.25, -0.2) is 5.43 Å². The van der Waals surface area contributed by atoms with Crippen LogP contribution in [0.5, 0.6) is 0 Å². The molecule has 0 aliphatic rings. The lowest BCUT2D eigenvalue weighted by Gasteiger charge is -2.04. The molecule has 0 saturated heterocycles. The number of amides is 1. The first-order valence-electron chi connectivity index (χ1n) is 4.72.